The molecule has 4 aromatic rings. The SMILES string of the molecule is COC(=O)CCN(C(=O)c1ccc2c(c1)nc(C(C)Oc1cc(C)c(/C(N)=N\C(=O)OC3CCCCC3)c(Cl)c1)n2C)c1ccccn1. The molecular formula is C35H39ClN6O6. The van der Waals surface area contributed by atoms with Crippen molar-refractivity contribution in [1.29, 1.82) is 0 Å². The molecule has 48 heavy (non-hydrogen) atoms. The molecule has 2 aromatic carbocycles. The van der Waals surface area contributed by atoms with Gasteiger partial charge in [-0.05, 0) is 87.6 Å². The number of rotatable bonds is 10. The molecule has 1 unspecified atom stereocenters. The maximum Gasteiger partial charge on any atom is 0.435 e. The van der Waals surface area contributed by atoms with Gasteiger partial charge in [-0.1, -0.05) is 24.1 Å². The van der Waals surface area contributed by atoms with E-state index in [1.165, 1.54) is 12.0 Å². The Hall–Kier alpha value is -4.97. The van der Waals surface area contributed by atoms with Crippen molar-refractivity contribution in [2.75, 3.05) is 18.6 Å². The number of nitrogens with zero attached hydrogens (tertiary/aromatic N) is 5. The van der Waals surface area contributed by atoms with E-state index in [4.69, 9.17) is 36.5 Å². The summed E-state index contributed by atoms with van der Waals surface area (Å²) in [6.45, 7) is 3.76. The monoisotopic (exact) mass is 674 g/mol. The van der Waals surface area contributed by atoms with Crippen LogP contribution in [0, 0.1) is 6.92 Å². The molecule has 12 nitrogen and oxygen atoms in total. The summed E-state index contributed by atoms with van der Waals surface area (Å²) in [5, 5.41) is 0.279. The number of nitrogens with two attached hydrogens (primary N) is 1. The number of aromatic nitrogens is 3. The number of halogens is 1. The molecule has 252 valence electrons. The molecule has 2 heterocycles. The molecule has 1 fully saturated rings. The number of amidine groups is 1. The number of esters is 1. The molecule has 1 aliphatic rings. The first-order valence-corrected chi connectivity index (χ1v) is 16.2. The maximum absolute atomic E-state index is 13.7. The largest absolute Gasteiger partial charge is 0.483 e. The number of anilines is 1. The molecular weight excluding hydrogens is 636 g/mol. The van der Waals surface area contributed by atoms with Gasteiger partial charge >= 0.3 is 12.1 Å². The van der Waals surface area contributed by atoms with Crippen LogP contribution in [0.15, 0.2) is 59.7 Å². The normalized spacial score (nSPS) is 14.4. The van der Waals surface area contributed by atoms with Crippen molar-refractivity contribution in [3.05, 3.63) is 82.3 Å². The molecule has 1 aliphatic carbocycles. The van der Waals surface area contributed by atoms with Crippen LogP contribution < -0.4 is 15.4 Å². The zero-order valence-electron chi connectivity index (χ0n) is 27.4. The molecule has 1 atom stereocenters. The van der Waals surface area contributed by atoms with Crippen LogP contribution >= 0.6 is 11.6 Å². The van der Waals surface area contributed by atoms with Crippen LogP contribution in [0.1, 0.15) is 78.9 Å². The maximum atomic E-state index is 13.7. The standard InChI is InChI=1S/C35H39ClN6O6/c1-21-18-25(20-26(36)31(21)32(37)40-35(45)48-24-10-6-5-7-11-24)47-22(2)33-39-27-19-23(13-14-28(27)41(33)3)34(44)42(17-15-30(43)46-4)29-12-8-9-16-38-29/h8-9,12-14,16,18-20,22,24H,5-7,10-11,15,17H2,1-4H3,(H2,37,40,45). The number of amides is 2. The summed E-state index contributed by atoms with van der Waals surface area (Å²) < 4.78 is 18.4. The Bertz CT molecular complexity index is 1810. The van der Waals surface area contributed by atoms with E-state index in [0.29, 0.717) is 39.6 Å². The van der Waals surface area contributed by atoms with E-state index < -0.39 is 18.2 Å². The summed E-state index contributed by atoms with van der Waals surface area (Å²) in [5.41, 5.74) is 9.07. The minimum Gasteiger partial charge on any atom is -0.483 e. The average molecular weight is 675 g/mol. The highest BCUT2D eigenvalue weighted by atomic mass is 35.5. The number of ether oxygens (including phenoxy) is 3. The van der Waals surface area contributed by atoms with Gasteiger partial charge in [-0.15, -0.1) is 0 Å². The van der Waals surface area contributed by atoms with Gasteiger partial charge in [-0.3, -0.25) is 14.5 Å². The fraction of sp³-hybridized carbons (Fsp3) is 0.371. The van der Waals surface area contributed by atoms with E-state index in [9.17, 15) is 14.4 Å². The highest BCUT2D eigenvalue weighted by Gasteiger charge is 2.24. The number of fused-ring (bicyclic) bond motifs is 1. The molecule has 13 heteroatoms. The van der Waals surface area contributed by atoms with Crippen molar-refractivity contribution < 1.29 is 28.6 Å². The smallest absolute Gasteiger partial charge is 0.435 e. The second-order valence-corrected chi connectivity index (χ2v) is 12.1. The van der Waals surface area contributed by atoms with Crippen molar-refractivity contribution in [3.63, 3.8) is 0 Å². The summed E-state index contributed by atoms with van der Waals surface area (Å²) in [5.74, 6) is 0.733. The van der Waals surface area contributed by atoms with Crippen LogP contribution in [0.5, 0.6) is 5.75 Å². The van der Waals surface area contributed by atoms with Gasteiger partial charge in [0.2, 0.25) is 0 Å². The molecule has 2 aromatic heterocycles. The molecule has 2 N–H and O–H groups in total. The summed E-state index contributed by atoms with van der Waals surface area (Å²) >= 11 is 6.61. The third kappa shape index (κ3) is 7.93. The van der Waals surface area contributed by atoms with E-state index in [1.54, 1.807) is 55.6 Å². The van der Waals surface area contributed by atoms with Crippen molar-refractivity contribution >= 4 is 52.3 Å². The lowest BCUT2D eigenvalue weighted by molar-refractivity contribution is -0.140. The zero-order chi connectivity index (χ0) is 34.4. The molecule has 0 aliphatic heterocycles. The number of aliphatic imine (C=N–C) groups is 1. The Balaban J connectivity index is 1.33. The number of imidazole rings is 1. The lowest BCUT2D eigenvalue weighted by Gasteiger charge is -2.21. The predicted molar refractivity (Wildman–Crippen MR) is 183 cm³/mol. The van der Waals surface area contributed by atoms with E-state index in [2.05, 4.69) is 9.98 Å². The van der Waals surface area contributed by atoms with Gasteiger partial charge in [-0.25, -0.2) is 14.8 Å². The Morgan fingerprint density at radius 1 is 1.12 bits per heavy atom. The Morgan fingerprint density at radius 2 is 1.90 bits per heavy atom. The lowest BCUT2D eigenvalue weighted by Crippen LogP contribution is -2.33. The molecule has 0 spiro atoms. The summed E-state index contributed by atoms with van der Waals surface area (Å²) in [6, 6.07) is 13.9. The lowest BCUT2D eigenvalue weighted by atomic mass is 9.98. The van der Waals surface area contributed by atoms with Crippen LogP contribution in [0.25, 0.3) is 11.0 Å². The van der Waals surface area contributed by atoms with Gasteiger partial charge in [0, 0.05) is 30.9 Å². The second-order valence-electron chi connectivity index (χ2n) is 11.7. The highest BCUT2D eigenvalue weighted by molar-refractivity contribution is 6.34. The Morgan fingerprint density at radius 3 is 2.58 bits per heavy atom. The third-order valence-electron chi connectivity index (χ3n) is 8.33. The van der Waals surface area contributed by atoms with Gasteiger partial charge in [-0.2, -0.15) is 4.99 Å². The van der Waals surface area contributed by atoms with E-state index in [-0.39, 0.29) is 35.8 Å². The first-order valence-electron chi connectivity index (χ1n) is 15.8. The molecule has 5 rings (SSSR count). The fourth-order valence-corrected chi connectivity index (χ4v) is 6.23. The first kappa shape index (κ1) is 34.4. The van der Waals surface area contributed by atoms with Gasteiger partial charge < -0.3 is 24.5 Å². The molecule has 1 saturated carbocycles. The number of pyridine rings is 1. The quantitative estimate of drug-likeness (QED) is 0.114. The van der Waals surface area contributed by atoms with E-state index in [0.717, 1.165) is 37.6 Å². The van der Waals surface area contributed by atoms with Gasteiger partial charge in [0.25, 0.3) is 5.91 Å². The first-order chi connectivity index (χ1) is 23.0. The minimum absolute atomic E-state index is 0.0144. The van der Waals surface area contributed by atoms with Gasteiger partial charge in [0.1, 0.15) is 23.5 Å². The predicted octanol–water partition coefficient (Wildman–Crippen LogP) is 6.45. The number of carbonyl (C=O) groups excluding carboxylic acids is 3. The van der Waals surface area contributed by atoms with Gasteiger partial charge in [0.15, 0.2) is 11.9 Å². The number of hydrogen-bond acceptors (Lipinski definition) is 8. The van der Waals surface area contributed by atoms with Crippen molar-refractivity contribution in [2.24, 2.45) is 17.8 Å². The number of carbonyl (C=O) groups is 3. The van der Waals surface area contributed by atoms with Crippen LogP contribution in [-0.4, -0.2) is 58.1 Å². The third-order valence-corrected chi connectivity index (χ3v) is 8.62. The number of benzene rings is 2. The summed E-state index contributed by atoms with van der Waals surface area (Å²) in [6.07, 6.45) is 5.11. The Labute approximate surface area is 283 Å². The van der Waals surface area contributed by atoms with Crippen LogP contribution in [0.4, 0.5) is 10.6 Å². The van der Waals surface area contributed by atoms with Crippen LogP contribution in [0.2, 0.25) is 5.02 Å². The number of hydrogen-bond donors (Lipinski definition) is 1. The number of aryl methyl sites for hydroxylation is 2. The van der Waals surface area contributed by atoms with E-state index >= 15 is 0 Å². The molecule has 0 radical (unpaired) electrons. The second kappa shape index (κ2) is 15.3. The molecule has 0 saturated heterocycles. The Kier molecular flexibility index (Phi) is 10.9. The summed E-state index contributed by atoms with van der Waals surface area (Å²) in [7, 11) is 3.18. The van der Waals surface area contributed by atoms with Crippen LogP contribution in [0.3, 0.4) is 0 Å². The van der Waals surface area contributed by atoms with Crippen molar-refractivity contribution in [3.8, 4) is 5.75 Å². The van der Waals surface area contributed by atoms with Crippen LogP contribution in [-0.2, 0) is 21.3 Å². The van der Waals surface area contributed by atoms with Gasteiger partial charge in [0.05, 0.1) is 29.6 Å². The molecule has 2 amide bonds. The topological polar surface area (TPSA) is 151 Å². The minimum atomic E-state index is -0.721. The zero-order valence-corrected chi connectivity index (χ0v) is 28.2. The fourth-order valence-electron chi connectivity index (χ4n) is 5.88. The van der Waals surface area contributed by atoms with Crippen molar-refractivity contribution in [1.82, 2.24) is 14.5 Å². The highest BCUT2D eigenvalue weighted by Crippen LogP contribution is 2.31. The number of methoxy groups -OCH3 is 1. The average Bonchev–Trinajstić information content (AvgIpc) is 3.40. The van der Waals surface area contributed by atoms with Crippen molar-refractivity contribution in [2.45, 2.75) is 64.6 Å². The summed E-state index contributed by atoms with van der Waals surface area (Å²) in [4.78, 5) is 52.4. The van der Waals surface area contributed by atoms with E-state index in [1.807, 2.05) is 24.6 Å². The molecule has 0 bridgehead atoms.